The highest BCUT2D eigenvalue weighted by Crippen LogP contribution is 2.21. The van der Waals surface area contributed by atoms with Crippen LogP contribution in [0.2, 0.25) is 0 Å². The average molecular weight is 469 g/mol. The van der Waals surface area contributed by atoms with Gasteiger partial charge in [0.25, 0.3) is 5.56 Å². The quantitative estimate of drug-likeness (QED) is 0.280. The van der Waals surface area contributed by atoms with Gasteiger partial charge in [0.15, 0.2) is 5.16 Å². The number of carbonyl (C=O) groups is 1. The molecule has 1 unspecified atom stereocenters. The molecule has 176 valence electrons. The molecule has 1 aliphatic rings. The van der Waals surface area contributed by atoms with Gasteiger partial charge in [0.05, 0.1) is 16.7 Å². The molecule has 0 saturated carbocycles. The van der Waals surface area contributed by atoms with Gasteiger partial charge >= 0.3 is 0 Å². The maximum absolute atomic E-state index is 12.9. The van der Waals surface area contributed by atoms with Crippen LogP contribution in [0.5, 0.6) is 0 Å². The molecule has 1 N–H and O–H groups in total. The van der Waals surface area contributed by atoms with Gasteiger partial charge in [-0.2, -0.15) is 0 Å². The molecule has 3 aromatic rings. The molecule has 0 aliphatic carbocycles. The van der Waals surface area contributed by atoms with Gasteiger partial charge in [0.1, 0.15) is 0 Å². The Morgan fingerprint density at radius 1 is 1.30 bits per heavy atom. The third kappa shape index (κ3) is 5.47. The van der Waals surface area contributed by atoms with Crippen LogP contribution in [0.15, 0.2) is 46.9 Å². The Balaban J connectivity index is 1.34. The Bertz CT molecular complexity index is 1190. The van der Waals surface area contributed by atoms with E-state index in [1.54, 1.807) is 16.7 Å². The summed E-state index contributed by atoms with van der Waals surface area (Å²) in [6.45, 7) is 10.6. The van der Waals surface area contributed by atoms with Crippen LogP contribution >= 0.6 is 11.8 Å². The van der Waals surface area contributed by atoms with E-state index in [9.17, 15) is 9.59 Å². The van der Waals surface area contributed by atoms with Crippen LogP contribution in [0.25, 0.3) is 16.7 Å². The molecule has 0 bridgehead atoms. The number of benzene rings is 1. The van der Waals surface area contributed by atoms with E-state index in [0.29, 0.717) is 29.4 Å². The van der Waals surface area contributed by atoms with Gasteiger partial charge in [-0.05, 0) is 56.8 Å². The maximum atomic E-state index is 12.9. The Morgan fingerprint density at radius 3 is 2.97 bits per heavy atom. The number of carbonyl (C=O) groups excluding carboxylic acids is 1. The predicted molar refractivity (Wildman–Crippen MR) is 133 cm³/mol. The fraction of sp³-hybridized carbons (Fsp3) is 0.500. The van der Waals surface area contributed by atoms with Crippen molar-refractivity contribution in [3.63, 3.8) is 0 Å². The Hall–Kier alpha value is -2.65. The molecular formula is C24H32N6O2S. The summed E-state index contributed by atoms with van der Waals surface area (Å²) in [6, 6.07) is 7.38. The van der Waals surface area contributed by atoms with Gasteiger partial charge in [-0.1, -0.05) is 36.9 Å². The van der Waals surface area contributed by atoms with Gasteiger partial charge in [-0.3, -0.25) is 18.6 Å². The fourth-order valence-corrected chi connectivity index (χ4v) is 5.25. The van der Waals surface area contributed by atoms with E-state index in [-0.39, 0.29) is 17.2 Å². The summed E-state index contributed by atoms with van der Waals surface area (Å²) in [5.74, 6) is 1.48. The van der Waals surface area contributed by atoms with Crippen molar-refractivity contribution in [3.8, 4) is 0 Å². The molecule has 4 rings (SSSR count). The molecule has 9 heteroatoms. The van der Waals surface area contributed by atoms with Gasteiger partial charge in [0, 0.05) is 19.6 Å². The lowest BCUT2D eigenvalue weighted by molar-refractivity contribution is -0.118. The highest BCUT2D eigenvalue weighted by atomic mass is 32.2. The van der Waals surface area contributed by atoms with Gasteiger partial charge in [-0.15, -0.1) is 16.8 Å². The summed E-state index contributed by atoms with van der Waals surface area (Å²) < 4.78 is 3.40. The minimum Gasteiger partial charge on any atom is -0.355 e. The van der Waals surface area contributed by atoms with Crippen LogP contribution in [0.3, 0.4) is 0 Å². The molecule has 1 aromatic carbocycles. The summed E-state index contributed by atoms with van der Waals surface area (Å²) in [7, 11) is 0. The largest absolute Gasteiger partial charge is 0.355 e. The third-order valence-electron chi connectivity index (χ3n) is 6.09. The molecule has 1 atom stereocenters. The van der Waals surface area contributed by atoms with E-state index in [1.165, 1.54) is 37.7 Å². The second-order valence-corrected chi connectivity index (χ2v) is 9.68. The van der Waals surface area contributed by atoms with Crippen molar-refractivity contribution in [3.05, 3.63) is 47.3 Å². The van der Waals surface area contributed by atoms with Crippen LogP contribution in [-0.2, 0) is 11.3 Å². The maximum Gasteiger partial charge on any atom is 0.263 e. The molecular weight excluding hydrogens is 436 g/mol. The van der Waals surface area contributed by atoms with E-state index in [4.69, 9.17) is 0 Å². The minimum absolute atomic E-state index is 0.0212. The fourth-order valence-electron chi connectivity index (χ4n) is 4.48. The van der Waals surface area contributed by atoms with E-state index in [2.05, 4.69) is 33.9 Å². The van der Waals surface area contributed by atoms with Crippen molar-refractivity contribution in [2.45, 2.75) is 44.3 Å². The number of amides is 1. The van der Waals surface area contributed by atoms with Crippen LogP contribution < -0.4 is 10.9 Å². The lowest BCUT2D eigenvalue weighted by atomic mass is 10.0. The lowest BCUT2D eigenvalue weighted by Crippen LogP contribution is -2.35. The highest BCUT2D eigenvalue weighted by Gasteiger charge is 2.17. The number of allylic oxidation sites excluding steroid dienone is 1. The first-order valence-corrected chi connectivity index (χ1v) is 12.7. The van der Waals surface area contributed by atoms with E-state index in [0.717, 1.165) is 30.8 Å². The summed E-state index contributed by atoms with van der Waals surface area (Å²) >= 11 is 1.33. The summed E-state index contributed by atoms with van der Waals surface area (Å²) in [4.78, 5) is 27.8. The van der Waals surface area contributed by atoms with Crippen molar-refractivity contribution in [1.82, 2.24) is 29.4 Å². The lowest BCUT2D eigenvalue weighted by Gasteiger charge is -2.30. The van der Waals surface area contributed by atoms with Crippen LogP contribution in [-0.4, -0.2) is 61.9 Å². The molecule has 8 nitrogen and oxygen atoms in total. The smallest absolute Gasteiger partial charge is 0.263 e. The number of para-hydroxylation sites is 1. The molecule has 1 saturated heterocycles. The molecule has 1 aliphatic heterocycles. The van der Waals surface area contributed by atoms with Crippen LogP contribution in [0.4, 0.5) is 0 Å². The summed E-state index contributed by atoms with van der Waals surface area (Å²) in [5, 5.41) is 12.7. The number of aromatic nitrogens is 4. The second kappa shape index (κ2) is 11.0. The van der Waals surface area contributed by atoms with Crippen LogP contribution in [0.1, 0.15) is 32.6 Å². The molecule has 0 radical (unpaired) electrons. The summed E-state index contributed by atoms with van der Waals surface area (Å²) in [5.41, 5.74) is 0.608. The first-order valence-electron chi connectivity index (χ1n) is 11.7. The number of thioether (sulfide) groups is 1. The van der Waals surface area contributed by atoms with Gasteiger partial charge in [0.2, 0.25) is 11.7 Å². The van der Waals surface area contributed by atoms with Gasteiger partial charge in [-0.25, -0.2) is 0 Å². The topological polar surface area (TPSA) is 84.5 Å². The first kappa shape index (κ1) is 23.5. The van der Waals surface area contributed by atoms with E-state index < -0.39 is 0 Å². The van der Waals surface area contributed by atoms with E-state index in [1.807, 2.05) is 22.6 Å². The zero-order valence-electron chi connectivity index (χ0n) is 19.2. The van der Waals surface area contributed by atoms with Crippen molar-refractivity contribution in [2.75, 3.05) is 31.9 Å². The second-order valence-electron chi connectivity index (χ2n) is 8.73. The Kier molecular flexibility index (Phi) is 7.82. The molecule has 1 amide bonds. The molecule has 33 heavy (non-hydrogen) atoms. The number of piperidine rings is 1. The van der Waals surface area contributed by atoms with Crippen molar-refractivity contribution in [1.29, 1.82) is 0 Å². The Labute approximate surface area is 198 Å². The average Bonchev–Trinajstić information content (AvgIpc) is 3.24. The zero-order chi connectivity index (χ0) is 23.2. The van der Waals surface area contributed by atoms with Crippen molar-refractivity contribution >= 4 is 34.3 Å². The normalized spacial score (nSPS) is 16.9. The first-order chi connectivity index (χ1) is 16.1. The SMILES string of the molecule is C=CCn1c(=O)c2ccccc2n2c(SCC(=O)NCCCCN3CCCC(C)C3)nnc12. The highest BCUT2D eigenvalue weighted by molar-refractivity contribution is 7.99. The van der Waals surface area contributed by atoms with Crippen LogP contribution in [0, 0.1) is 5.92 Å². The standard InChI is InChI=1S/C24H32N6O2S/c1-3-13-29-22(32)19-10-4-5-11-20(19)30-23(29)26-27-24(30)33-17-21(31)25-12-6-7-14-28-15-8-9-18(2)16-28/h3-5,10-11,18H,1,6-9,12-17H2,2H3,(H,25,31). The van der Waals surface area contributed by atoms with E-state index >= 15 is 0 Å². The van der Waals surface area contributed by atoms with Crippen molar-refractivity contribution < 1.29 is 4.79 Å². The number of fused-ring (bicyclic) bond motifs is 3. The number of likely N-dealkylation sites (tertiary alicyclic amines) is 1. The Morgan fingerprint density at radius 2 is 2.15 bits per heavy atom. The van der Waals surface area contributed by atoms with Gasteiger partial charge < -0.3 is 10.2 Å². The monoisotopic (exact) mass is 468 g/mol. The minimum atomic E-state index is -0.126. The molecule has 0 spiro atoms. The number of nitrogens with zero attached hydrogens (tertiary/aromatic N) is 5. The summed E-state index contributed by atoms with van der Waals surface area (Å²) in [6.07, 6.45) is 6.38. The molecule has 3 heterocycles. The molecule has 2 aromatic heterocycles. The number of hydrogen-bond acceptors (Lipinski definition) is 6. The number of hydrogen-bond donors (Lipinski definition) is 1. The third-order valence-corrected chi connectivity index (χ3v) is 7.02. The zero-order valence-corrected chi connectivity index (χ0v) is 20.0. The van der Waals surface area contributed by atoms with Crippen molar-refractivity contribution in [2.24, 2.45) is 5.92 Å². The predicted octanol–water partition coefficient (Wildman–Crippen LogP) is 2.95. The number of nitrogens with one attached hydrogen (secondary N) is 1. The number of rotatable bonds is 10. The number of unbranched alkanes of at least 4 members (excludes halogenated alkanes) is 1. The molecule has 1 fully saturated rings.